The van der Waals surface area contributed by atoms with Gasteiger partial charge in [-0.3, -0.25) is 4.79 Å². The van der Waals surface area contributed by atoms with Crippen LogP contribution in [0.3, 0.4) is 0 Å². The van der Waals surface area contributed by atoms with Crippen LogP contribution in [0, 0.1) is 5.92 Å². The molecule has 1 aliphatic rings. The number of carbonyl (C=O) groups is 1. The van der Waals surface area contributed by atoms with E-state index in [4.69, 9.17) is 13.9 Å². The molecule has 0 unspecified atom stereocenters. The molecule has 0 bridgehead atoms. The van der Waals surface area contributed by atoms with E-state index in [9.17, 15) is 4.79 Å². The Labute approximate surface area is 163 Å². The molecule has 0 spiro atoms. The monoisotopic (exact) mass is 391 g/mol. The van der Waals surface area contributed by atoms with Crippen LogP contribution < -0.4 is 14.8 Å². The fourth-order valence-electron chi connectivity index (χ4n) is 3.22. The standard InChI is InChI=1S/C19H25N3O4S/c1-12-6-4-5-7-16(12)20-17(23)11-27-19-22-21-18(26-19)13-8-14(24-2)10-15(9-13)25-3/h8-10,12,16H,4-7,11H2,1-3H3,(H,20,23)/t12-,16+/m0/s1. The number of ether oxygens (including phenoxy) is 2. The lowest BCUT2D eigenvalue weighted by Gasteiger charge is -2.29. The Morgan fingerprint density at radius 3 is 2.56 bits per heavy atom. The molecule has 1 saturated carbocycles. The van der Waals surface area contributed by atoms with E-state index in [1.165, 1.54) is 31.0 Å². The maximum Gasteiger partial charge on any atom is 0.277 e. The highest BCUT2D eigenvalue weighted by Crippen LogP contribution is 2.30. The summed E-state index contributed by atoms with van der Waals surface area (Å²) in [6.45, 7) is 2.20. The van der Waals surface area contributed by atoms with E-state index in [0.717, 1.165) is 6.42 Å². The number of rotatable bonds is 7. The van der Waals surface area contributed by atoms with Crippen LogP contribution in [-0.4, -0.2) is 42.1 Å². The van der Waals surface area contributed by atoms with Gasteiger partial charge in [0.1, 0.15) is 11.5 Å². The summed E-state index contributed by atoms with van der Waals surface area (Å²) in [5.41, 5.74) is 0.700. The van der Waals surface area contributed by atoms with Crippen molar-refractivity contribution >= 4 is 17.7 Å². The third kappa shape index (κ3) is 5.15. The lowest BCUT2D eigenvalue weighted by Crippen LogP contribution is -2.41. The molecule has 1 aliphatic carbocycles. The molecule has 2 aromatic rings. The van der Waals surface area contributed by atoms with Gasteiger partial charge in [-0.1, -0.05) is 31.5 Å². The zero-order valence-corrected chi connectivity index (χ0v) is 16.7. The second-order valence-corrected chi connectivity index (χ2v) is 7.63. The van der Waals surface area contributed by atoms with E-state index in [1.807, 2.05) is 0 Å². The minimum absolute atomic E-state index is 0.00143. The number of methoxy groups -OCH3 is 2. The molecule has 1 amide bonds. The molecule has 3 rings (SSSR count). The number of amides is 1. The summed E-state index contributed by atoms with van der Waals surface area (Å²) in [5, 5.41) is 11.6. The van der Waals surface area contributed by atoms with Crippen LogP contribution in [-0.2, 0) is 4.79 Å². The van der Waals surface area contributed by atoms with Crippen LogP contribution >= 0.6 is 11.8 Å². The predicted octanol–water partition coefficient (Wildman–Crippen LogP) is 3.54. The van der Waals surface area contributed by atoms with Crippen LogP contribution in [0.5, 0.6) is 11.5 Å². The van der Waals surface area contributed by atoms with Gasteiger partial charge in [-0.05, 0) is 30.9 Å². The van der Waals surface area contributed by atoms with Crippen molar-refractivity contribution in [1.29, 1.82) is 0 Å². The Morgan fingerprint density at radius 1 is 1.19 bits per heavy atom. The molecule has 8 heteroatoms. The summed E-state index contributed by atoms with van der Waals surface area (Å²) >= 11 is 1.24. The van der Waals surface area contributed by atoms with Gasteiger partial charge in [0.2, 0.25) is 11.8 Å². The summed E-state index contributed by atoms with van der Waals surface area (Å²) in [6, 6.07) is 5.63. The Hall–Kier alpha value is -2.22. The molecule has 7 nitrogen and oxygen atoms in total. The molecule has 1 aromatic heterocycles. The lowest BCUT2D eigenvalue weighted by molar-refractivity contribution is -0.119. The van der Waals surface area contributed by atoms with E-state index >= 15 is 0 Å². The number of carbonyl (C=O) groups excluding carboxylic acids is 1. The molecular formula is C19H25N3O4S. The number of hydrogen-bond donors (Lipinski definition) is 1. The molecule has 0 radical (unpaired) electrons. The first-order valence-electron chi connectivity index (χ1n) is 9.08. The van der Waals surface area contributed by atoms with Crippen molar-refractivity contribution in [3.8, 4) is 23.0 Å². The van der Waals surface area contributed by atoms with E-state index in [1.54, 1.807) is 32.4 Å². The van der Waals surface area contributed by atoms with Crippen LogP contribution in [0.2, 0.25) is 0 Å². The second-order valence-electron chi connectivity index (χ2n) is 6.70. The van der Waals surface area contributed by atoms with Crippen LogP contribution in [0.4, 0.5) is 0 Å². The average molecular weight is 391 g/mol. The molecule has 27 heavy (non-hydrogen) atoms. The van der Waals surface area contributed by atoms with Crippen LogP contribution in [0.15, 0.2) is 27.8 Å². The molecular weight excluding hydrogens is 366 g/mol. The molecule has 0 saturated heterocycles. The lowest BCUT2D eigenvalue weighted by atomic mass is 9.86. The highest BCUT2D eigenvalue weighted by molar-refractivity contribution is 7.99. The van der Waals surface area contributed by atoms with Crippen molar-refractivity contribution in [2.75, 3.05) is 20.0 Å². The van der Waals surface area contributed by atoms with Gasteiger partial charge >= 0.3 is 0 Å². The van der Waals surface area contributed by atoms with Gasteiger partial charge in [-0.2, -0.15) is 0 Å². The van der Waals surface area contributed by atoms with Gasteiger partial charge in [-0.15, -0.1) is 10.2 Å². The molecule has 1 heterocycles. The Balaban J connectivity index is 1.59. The van der Waals surface area contributed by atoms with E-state index in [0.29, 0.717) is 34.1 Å². The summed E-state index contributed by atoms with van der Waals surface area (Å²) in [5.74, 6) is 2.42. The maximum absolute atomic E-state index is 12.2. The first kappa shape index (κ1) is 19.5. The van der Waals surface area contributed by atoms with E-state index in [2.05, 4.69) is 22.4 Å². The third-order valence-electron chi connectivity index (χ3n) is 4.79. The topological polar surface area (TPSA) is 86.5 Å². The average Bonchev–Trinajstić information content (AvgIpc) is 3.17. The molecule has 1 fully saturated rings. The number of benzene rings is 1. The zero-order chi connectivity index (χ0) is 19.2. The maximum atomic E-state index is 12.2. The van der Waals surface area contributed by atoms with Gasteiger partial charge in [-0.25, -0.2) is 0 Å². The largest absolute Gasteiger partial charge is 0.497 e. The Bertz CT molecular complexity index is 758. The second kappa shape index (κ2) is 9.12. The number of hydrogen-bond acceptors (Lipinski definition) is 7. The van der Waals surface area contributed by atoms with Gasteiger partial charge in [0.25, 0.3) is 5.22 Å². The number of thioether (sulfide) groups is 1. The van der Waals surface area contributed by atoms with E-state index in [-0.39, 0.29) is 17.7 Å². The van der Waals surface area contributed by atoms with Crippen molar-refractivity contribution in [2.24, 2.45) is 5.92 Å². The first-order valence-corrected chi connectivity index (χ1v) is 10.1. The fourth-order valence-corrected chi connectivity index (χ4v) is 3.80. The minimum atomic E-state index is 0.00143. The zero-order valence-electron chi connectivity index (χ0n) is 15.9. The minimum Gasteiger partial charge on any atom is -0.497 e. The summed E-state index contributed by atoms with van der Waals surface area (Å²) < 4.78 is 16.2. The Morgan fingerprint density at radius 2 is 1.89 bits per heavy atom. The normalized spacial score (nSPS) is 19.5. The van der Waals surface area contributed by atoms with Gasteiger partial charge < -0.3 is 19.2 Å². The highest BCUT2D eigenvalue weighted by atomic mass is 32.2. The SMILES string of the molecule is COc1cc(OC)cc(-c2nnc(SCC(=O)N[C@@H]3CCCC[C@@H]3C)o2)c1. The van der Waals surface area contributed by atoms with Crippen LogP contribution in [0.25, 0.3) is 11.5 Å². The van der Waals surface area contributed by atoms with Crippen molar-refractivity contribution in [1.82, 2.24) is 15.5 Å². The first-order chi connectivity index (χ1) is 13.1. The van der Waals surface area contributed by atoms with Crippen LogP contribution in [0.1, 0.15) is 32.6 Å². The molecule has 2 atom stereocenters. The van der Waals surface area contributed by atoms with Gasteiger partial charge in [0, 0.05) is 17.7 Å². The number of nitrogens with one attached hydrogen (secondary N) is 1. The Kier molecular flexibility index (Phi) is 6.60. The summed E-state index contributed by atoms with van der Waals surface area (Å²) in [4.78, 5) is 12.2. The van der Waals surface area contributed by atoms with Gasteiger partial charge in [0.05, 0.1) is 20.0 Å². The summed E-state index contributed by atoms with van der Waals surface area (Å²) in [6.07, 6.45) is 4.66. The predicted molar refractivity (Wildman–Crippen MR) is 103 cm³/mol. The third-order valence-corrected chi connectivity index (χ3v) is 5.61. The van der Waals surface area contributed by atoms with Crippen molar-refractivity contribution < 1.29 is 18.7 Å². The van der Waals surface area contributed by atoms with Crippen molar-refractivity contribution in [3.05, 3.63) is 18.2 Å². The smallest absolute Gasteiger partial charge is 0.277 e. The molecule has 0 aliphatic heterocycles. The molecule has 1 aromatic carbocycles. The number of aromatic nitrogens is 2. The molecule has 146 valence electrons. The van der Waals surface area contributed by atoms with Gasteiger partial charge in [0.15, 0.2) is 0 Å². The quantitative estimate of drug-likeness (QED) is 0.722. The fraction of sp³-hybridized carbons (Fsp3) is 0.526. The molecule has 1 N–H and O–H groups in total. The number of nitrogens with zero attached hydrogens (tertiary/aromatic N) is 2. The highest BCUT2D eigenvalue weighted by Gasteiger charge is 2.23. The van der Waals surface area contributed by atoms with Crippen molar-refractivity contribution in [3.63, 3.8) is 0 Å². The summed E-state index contributed by atoms with van der Waals surface area (Å²) in [7, 11) is 3.17. The van der Waals surface area contributed by atoms with E-state index < -0.39 is 0 Å². The van der Waals surface area contributed by atoms with Crippen molar-refractivity contribution in [2.45, 2.75) is 43.9 Å².